The Morgan fingerprint density at radius 3 is 2.23 bits per heavy atom. The van der Waals surface area contributed by atoms with Crippen LogP contribution in [0, 0.1) is 11.2 Å². The van der Waals surface area contributed by atoms with Crippen LogP contribution in [0.1, 0.15) is 48.0 Å². The van der Waals surface area contributed by atoms with Crippen molar-refractivity contribution in [2.45, 2.75) is 59.6 Å². The molecule has 0 spiro atoms. The van der Waals surface area contributed by atoms with Crippen LogP contribution >= 0.6 is 0 Å². The summed E-state index contributed by atoms with van der Waals surface area (Å²) >= 11 is 0. The number of hydrogen-bond acceptors (Lipinski definition) is 5. The first-order chi connectivity index (χ1) is 18.3. The van der Waals surface area contributed by atoms with E-state index >= 15 is 0 Å². The van der Waals surface area contributed by atoms with Gasteiger partial charge in [0.2, 0.25) is 5.91 Å². The molecule has 4 rings (SSSR count). The lowest BCUT2D eigenvalue weighted by Gasteiger charge is -2.27. The Balaban J connectivity index is 1.67. The van der Waals surface area contributed by atoms with Crippen LogP contribution in [-0.2, 0) is 9.53 Å². The van der Waals surface area contributed by atoms with Crippen molar-refractivity contribution in [1.82, 2.24) is 20.3 Å². The van der Waals surface area contributed by atoms with Gasteiger partial charge in [-0.2, -0.15) is 0 Å². The Morgan fingerprint density at radius 1 is 0.949 bits per heavy atom. The topological polar surface area (TPSA) is 109 Å². The van der Waals surface area contributed by atoms with Gasteiger partial charge in [0.1, 0.15) is 28.9 Å². The normalized spacial score (nSPS) is 12.7. The fourth-order valence-corrected chi connectivity index (χ4v) is 4.28. The highest BCUT2D eigenvalue weighted by Crippen LogP contribution is 2.38. The molecule has 0 aliphatic rings. The number of carbonyl (C=O) groups is 2. The van der Waals surface area contributed by atoms with E-state index in [4.69, 9.17) is 4.74 Å². The Hall–Kier alpha value is -4.27. The van der Waals surface area contributed by atoms with Crippen molar-refractivity contribution < 1.29 is 18.7 Å². The summed E-state index contributed by atoms with van der Waals surface area (Å²) in [7, 11) is 0. The maximum absolute atomic E-state index is 13.6. The molecule has 1 atom stereocenters. The van der Waals surface area contributed by atoms with Crippen LogP contribution in [0.5, 0.6) is 0 Å². The van der Waals surface area contributed by atoms with E-state index in [2.05, 4.69) is 25.6 Å². The number of nitrogens with one attached hydrogen (secondary N) is 3. The number of hydrogen-bond donors (Lipinski definition) is 3. The summed E-state index contributed by atoms with van der Waals surface area (Å²) in [6.45, 7) is 11.3. The number of halogens is 1. The predicted molar refractivity (Wildman–Crippen MR) is 151 cm³/mol. The molecule has 3 heterocycles. The van der Waals surface area contributed by atoms with Crippen LogP contribution in [0.3, 0.4) is 0 Å². The third kappa shape index (κ3) is 7.19. The summed E-state index contributed by atoms with van der Waals surface area (Å²) in [5, 5.41) is 6.37. The van der Waals surface area contributed by atoms with Crippen LogP contribution in [0.4, 0.5) is 15.0 Å². The molecule has 204 valence electrons. The minimum atomic E-state index is -0.830. The number of ether oxygens (including phenoxy) is 1. The molecule has 4 aromatic rings. The van der Waals surface area contributed by atoms with Gasteiger partial charge in [-0.25, -0.2) is 14.2 Å². The lowest BCUT2D eigenvalue weighted by atomic mass is 9.88. The molecule has 9 heteroatoms. The van der Waals surface area contributed by atoms with Gasteiger partial charge in [-0.1, -0.05) is 20.8 Å². The van der Waals surface area contributed by atoms with Crippen LogP contribution in [-0.4, -0.2) is 38.6 Å². The lowest BCUT2D eigenvalue weighted by Crippen LogP contribution is -2.47. The molecule has 0 saturated carbocycles. The first kappa shape index (κ1) is 27.8. The molecule has 0 bridgehead atoms. The van der Waals surface area contributed by atoms with Crippen molar-refractivity contribution in [3.63, 3.8) is 0 Å². The highest BCUT2D eigenvalue weighted by molar-refractivity contribution is 6.03. The van der Waals surface area contributed by atoms with Gasteiger partial charge < -0.3 is 20.4 Å². The van der Waals surface area contributed by atoms with E-state index in [9.17, 15) is 14.0 Å². The molecular weight excluding hydrogens is 497 g/mol. The molecule has 0 radical (unpaired) electrons. The van der Waals surface area contributed by atoms with E-state index in [0.717, 1.165) is 27.8 Å². The zero-order valence-corrected chi connectivity index (χ0v) is 23.1. The molecule has 39 heavy (non-hydrogen) atoms. The average Bonchev–Trinajstić information content (AvgIpc) is 3.21. The maximum atomic E-state index is 13.6. The van der Waals surface area contributed by atoms with E-state index in [1.165, 1.54) is 12.1 Å². The molecule has 2 amide bonds. The number of fused-ring (bicyclic) bond motifs is 1. The van der Waals surface area contributed by atoms with Crippen LogP contribution < -0.4 is 10.6 Å². The molecule has 0 aliphatic carbocycles. The first-order valence-corrected chi connectivity index (χ1v) is 12.8. The van der Waals surface area contributed by atoms with E-state index < -0.39 is 23.6 Å². The van der Waals surface area contributed by atoms with Crippen molar-refractivity contribution in [2.24, 2.45) is 5.41 Å². The number of benzene rings is 1. The number of nitrogens with zero attached hydrogens (tertiary/aromatic N) is 2. The van der Waals surface area contributed by atoms with E-state index in [0.29, 0.717) is 17.9 Å². The zero-order chi connectivity index (χ0) is 28.4. The van der Waals surface area contributed by atoms with Crippen molar-refractivity contribution in [3.8, 4) is 22.4 Å². The maximum Gasteiger partial charge on any atom is 0.408 e. The molecule has 3 N–H and O–H groups in total. The number of aromatic nitrogens is 3. The summed E-state index contributed by atoms with van der Waals surface area (Å²) in [6, 6.07) is 12.8. The van der Waals surface area contributed by atoms with E-state index in [1.54, 1.807) is 51.4 Å². The number of amides is 2. The van der Waals surface area contributed by atoms with Crippen molar-refractivity contribution in [2.75, 3.05) is 5.32 Å². The summed E-state index contributed by atoms with van der Waals surface area (Å²) in [5.41, 5.74) is 2.98. The summed E-state index contributed by atoms with van der Waals surface area (Å²) in [4.78, 5) is 37.9. The molecule has 3 aromatic heterocycles. The van der Waals surface area contributed by atoms with Crippen LogP contribution in [0.25, 0.3) is 33.4 Å². The van der Waals surface area contributed by atoms with E-state index in [-0.39, 0.29) is 11.2 Å². The summed E-state index contributed by atoms with van der Waals surface area (Å²) < 4.78 is 19.0. The number of anilines is 1. The molecule has 0 fully saturated rings. The Morgan fingerprint density at radius 2 is 1.62 bits per heavy atom. The fourth-order valence-electron chi connectivity index (χ4n) is 4.28. The van der Waals surface area contributed by atoms with Crippen molar-refractivity contribution >= 4 is 28.9 Å². The second kappa shape index (κ2) is 10.8. The number of pyridine rings is 2. The number of aromatic amines is 1. The largest absolute Gasteiger partial charge is 0.444 e. The van der Waals surface area contributed by atoms with Gasteiger partial charge in [0, 0.05) is 23.3 Å². The Bertz CT molecular complexity index is 1470. The molecule has 0 aliphatic heterocycles. The first-order valence-electron chi connectivity index (χ1n) is 12.8. The monoisotopic (exact) mass is 531 g/mol. The molecule has 0 unspecified atom stereocenters. The third-order valence-electron chi connectivity index (χ3n) is 5.84. The van der Waals surface area contributed by atoms with Crippen molar-refractivity contribution in [1.29, 1.82) is 0 Å². The Labute approximate surface area is 227 Å². The minimum absolute atomic E-state index is 0.239. The standard InChI is InChI=1S/C30H34FN5O3/c1-29(2,3)17-22(33-28(38)39-30(4,5)6)27(37)35-23-12-11-21-24(18-13-15-32-16-14-18)25(36-26(21)34-23)19-7-9-20(31)10-8-19/h7-16,22H,17H2,1-6H3,(H,33,38)(H2,34,35,36,37)/t22-/m0/s1. The second-order valence-corrected chi connectivity index (χ2v) is 11.7. The quantitative estimate of drug-likeness (QED) is 0.257. The highest BCUT2D eigenvalue weighted by atomic mass is 19.1. The third-order valence-corrected chi connectivity index (χ3v) is 5.84. The average molecular weight is 532 g/mol. The molecule has 0 saturated heterocycles. The van der Waals surface area contributed by atoms with Gasteiger partial charge in [-0.05, 0) is 92.3 Å². The number of rotatable bonds is 6. The summed E-state index contributed by atoms with van der Waals surface area (Å²) in [5.74, 6) is -0.402. The summed E-state index contributed by atoms with van der Waals surface area (Å²) in [6.07, 6.45) is 3.14. The second-order valence-electron chi connectivity index (χ2n) is 11.7. The molecule has 1 aromatic carbocycles. The van der Waals surface area contributed by atoms with Crippen molar-refractivity contribution in [3.05, 3.63) is 66.7 Å². The number of carbonyl (C=O) groups excluding carboxylic acids is 2. The Kier molecular flexibility index (Phi) is 7.72. The molecule has 8 nitrogen and oxygen atoms in total. The number of H-pyrrole nitrogens is 1. The SMILES string of the molecule is CC(C)(C)C[C@H](NC(=O)OC(C)(C)C)C(=O)Nc1ccc2c(-c3ccncc3)c(-c3ccc(F)cc3)[nH]c2n1. The van der Waals surface area contributed by atoms with Crippen LogP contribution in [0.15, 0.2) is 60.9 Å². The predicted octanol–water partition coefficient (Wildman–Crippen LogP) is 6.70. The smallest absolute Gasteiger partial charge is 0.408 e. The van der Waals surface area contributed by atoms with Gasteiger partial charge >= 0.3 is 6.09 Å². The van der Waals surface area contributed by atoms with Gasteiger partial charge in [0.05, 0.1) is 5.69 Å². The zero-order valence-electron chi connectivity index (χ0n) is 23.1. The van der Waals surface area contributed by atoms with Gasteiger partial charge in [0.25, 0.3) is 0 Å². The fraction of sp³-hybridized carbons (Fsp3) is 0.333. The number of alkyl carbamates (subject to hydrolysis) is 1. The van der Waals surface area contributed by atoms with E-state index in [1.807, 2.05) is 39.0 Å². The minimum Gasteiger partial charge on any atom is -0.444 e. The van der Waals surface area contributed by atoms with Crippen LogP contribution in [0.2, 0.25) is 0 Å². The van der Waals surface area contributed by atoms with Gasteiger partial charge in [0.15, 0.2) is 0 Å². The lowest BCUT2D eigenvalue weighted by molar-refractivity contribution is -0.118. The van der Waals surface area contributed by atoms with Gasteiger partial charge in [-0.3, -0.25) is 9.78 Å². The highest BCUT2D eigenvalue weighted by Gasteiger charge is 2.29. The van der Waals surface area contributed by atoms with Gasteiger partial charge in [-0.15, -0.1) is 0 Å². The molecular formula is C30H34FN5O3.